The van der Waals surface area contributed by atoms with Crippen molar-refractivity contribution in [3.63, 3.8) is 0 Å². The normalized spacial score (nSPS) is 14.8. The molecular weight excluding hydrogens is 164 g/mol. The molecule has 0 spiro atoms. The zero-order valence-corrected chi connectivity index (χ0v) is 6.97. The van der Waals surface area contributed by atoms with Crippen molar-refractivity contribution < 1.29 is 9.37 Å². The van der Waals surface area contributed by atoms with Gasteiger partial charge in [0.05, 0.1) is 6.08 Å². The molecule has 2 rings (SSSR count). The minimum Gasteiger partial charge on any atom is -0.399 e. The summed E-state index contributed by atoms with van der Waals surface area (Å²) in [6.45, 7) is 0. The molecule has 1 aromatic rings. The first-order valence-corrected chi connectivity index (χ1v) is 3.97. The second-order valence-corrected chi connectivity index (χ2v) is 2.81. The van der Waals surface area contributed by atoms with Gasteiger partial charge in [-0.2, -0.15) is 0 Å². The molecule has 0 radical (unpaired) electrons. The van der Waals surface area contributed by atoms with Crippen molar-refractivity contribution in [3.8, 4) is 0 Å². The third-order valence-corrected chi connectivity index (χ3v) is 1.88. The molecular formula is C10H9N2O+. The Balaban J connectivity index is 2.38. The topological polar surface area (TPSA) is 46.1 Å². The van der Waals surface area contributed by atoms with Crippen molar-refractivity contribution >= 4 is 23.5 Å². The van der Waals surface area contributed by atoms with E-state index in [-0.39, 0.29) is 5.91 Å². The Bertz CT molecular complexity index is 401. The van der Waals surface area contributed by atoms with Crippen LogP contribution in [0.15, 0.2) is 36.4 Å². The Morgan fingerprint density at radius 2 is 1.85 bits per heavy atom. The van der Waals surface area contributed by atoms with Crippen molar-refractivity contribution in [1.82, 2.24) is 0 Å². The van der Waals surface area contributed by atoms with Crippen LogP contribution in [0.1, 0.15) is 0 Å². The molecule has 0 aromatic heterocycles. The van der Waals surface area contributed by atoms with E-state index in [9.17, 15) is 4.79 Å². The molecule has 1 amide bonds. The smallest absolute Gasteiger partial charge is 0.399 e. The molecule has 0 fully saturated rings. The SMILES string of the molecule is Nc1ccc([N+]2=CC=CC2=O)cc1. The van der Waals surface area contributed by atoms with E-state index < -0.39 is 0 Å². The van der Waals surface area contributed by atoms with E-state index in [1.54, 1.807) is 29.0 Å². The molecule has 3 nitrogen and oxygen atoms in total. The monoisotopic (exact) mass is 173 g/mol. The third kappa shape index (κ3) is 1.36. The second kappa shape index (κ2) is 2.86. The van der Waals surface area contributed by atoms with E-state index in [0.29, 0.717) is 5.69 Å². The predicted molar refractivity (Wildman–Crippen MR) is 51.0 cm³/mol. The lowest BCUT2D eigenvalue weighted by Crippen LogP contribution is -2.09. The van der Waals surface area contributed by atoms with E-state index >= 15 is 0 Å². The molecule has 0 saturated heterocycles. The molecule has 2 N–H and O–H groups in total. The van der Waals surface area contributed by atoms with Crippen LogP contribution in [0, 0.1) is 0 Å². The Morgan fingerprint density at radius 1 is 1.15 bits per heavy atom. The zero-order chi connectivity index (χ0) is 9.26. The van der Waals surface area contributed by atoms with Crippen LogP contribution in [0.5, 0.6) is 0 Å². The summed E-state index contributed by atoms with van der Waals surface area (Å²) < 4.78 is 1.57. The highest BCUT2D eigenvalue weighted by atomic mass is 16.2. The van der Waals surface area contributed by atoms with Crippen molar-refractivity contribution in [3.05, 3.63) is 36.4 Å². The number of anilines is 1. The molecule has 0 bridgehead atoms. The first kappa shape index (κ1) is 7.73. The van der Waals surface area contributed by atoms with Gasteiger partial charge in [-0.05, 0) is 12.1 Å². The van der Waals surface area contributed by atoms with Gasteiger partial charge in [0.1, 0.15) is 0 Å². The minimum atomic E-state index is -0.0234. The number of carbonyl (C=O) groups is 1. The van der Waals surface area contributed by atoms with Gasteiger partial charge in [-0.25, -0.2) is 4.79 Å². The molecule has 1 aliphatic rings. The highest BCUT2D eigenvalue weighted by Crippen LogP contribution is 2.15. The molecule has 0 saturated carbocycles. The second-order valence-electron chi connectivity index (χ2n) is 2.81. The van der Waals surface area contributed by atoms with Crippen molar-refractivity contribution in [2.75, 3.05) is 5.73 Å². The standard InChI is InChI=1S/C10H8N2O/c11-8-3-5-9(6-4-8)12-7-1-2-10(12)13/h1-7H,(H-,11,13)/p+1. The molecule has 3 heteroatoms. The lowest BCUT2D eigenvalue weighted by Gasteiger charge is -1.94. The number of carbonyl (C=O) groups excluding carboxylic acids is 1. The first-order valence-electron chi connectivity index (χ1n) is 3.97. The molecule has 1 heterocycles. The summed E-state index contributed by atoms with van der Waals surface area (Å²) in [6, 6.07) is 7.18. The highest BCUT2D eigenvalue weighted by Gasteiger charge is 2.20. The van der Waals surface area contributed by atoms with Crippen LogP contribution in [-0.2, 0) is 4.79 Å². The lowest BCUT2D eigenvalue weighted by atomic mass is 10.3. The maximum Gasteiger partial charge on any atom is 0.418 e. The summed E-state index contributed by atoms with van der Waals surface area (Å²) in [7, 11) is 0. The summed E-state index contributed by atoms with van der Waals surface area (Å²) in [4.78, 5) is 11.2. The Hall–Kier alpha value is -1.90. The van der Waals surface area contributed by atoms with Crippen molar-refractivity contribution in [1.29, 1.82) is 0 Å². The summed E-state index contributed by atoms with van der Waals surface area (Å²) in [6.07, 6.45) is 4.98. The van der Waals surface area contributed by atoms with Crippen LogP contribution in [-0.4, -0.2) is 16.7 Å². The number of hydrogen-bond acceptors (Lipinski definition) is 2. The van der Waals surface area contributed by atoms with Gasteiger partial charge in [-0.1, -0.05) is 0 Å². The van der Waals surface area contributed by atoms with Crippen LogP contribution >= 0.6 is 0 Å². The molecule has 64 valence electrons. The third-order valence-electron chi connectivity index (χ3n) is 1.88. The van der Waals surface area contributed by atoms with Crippen LogP contribution in [0.3, 0.4) is 0 Å². The summed E-state index contributed by atoms with van der Waals surface area (Å²) >= 11 is 0. The van der Waals surface area contributed by atoms with Gasteiger partial charge in [0.25, 0.3) is 0 Å². The summed E-state index contributed by atoms with van der Waals surface area (Å²) in [5.41, 5.74) is 7.07. The molecule has 1 aromatic carbocycles. The van der Waals surface area contributed by atoms with Crippen LogP contribution < -0.4 is 5.73 Å². The number of nitrogens with zero attached hydrogens (tertiary/aromatic N) is 1. The van der Waals surface area contributed by atoms with Gasteiger partial charge in [-0.3, -0.25) is 0 Å². The van der Waals surface area contributed by atoms with E-state index in [1.807, 2.05) is 12.1 Å². The first-order chi connectivity index (χ1) is 6.27. The summed E-state index contributed by atoms with van der Waals surface area (Å²) in [5, 5.41) is 0. The number of rotatable bonds is 1. The fourth-order valence-corrected chi connectivity index (χ4v) is 1.21. The van der Waals surface area contributed by atoms with Gasteiger partial charge < -0.3 is 5.73 Å². The number of nitrogens with two attached hydrogens (primary N) is 1. The molecule has 0 aliphatic carbocycles. The predicted octanol–water partition coefficient (Wildman–Crippen LogP) is 1.08. The maximum absolute atomic E-state index is 11.2. The van der Waals surface area contributed by atoms with E-state index in [4.69, 9.17) is 5.73 Å². The van der Waals surface area contributed by atoms with Gasteiger partial charge in [0.2, 0.25) is 5.69 Å². The van der Waals surface area contributed by atoms with Gasteiger partial charge in [-0.15, -0.1) is 4.58 Å². The number of benzene rings is 1. The van der Waals surface area contributed by atoms with Gasteiger partial charge in [0.15, 0.2) is 6.21 Å². The average Bonchev–Trinajstić information content (AvgIpc) is 2.53. The lowest BCUT2D eigenvalue weighted by molar-refractivity contribution is -0.353. The number of allylic oxidation sites excluding steroid dienone is 1. The maximum atomic E-state index is 11.2. The van der Waals surface area contributed by atoms with Crippen LogP contribution in [0.4, 0.5) is 11.4 Å². The Labute approximate surface area is 75.8 Å². The zero-order valence-electron chi connectivity index (χ0n) is 6.97. The molecule has 0 atom stereocenters. The number of amides is 1. The van der Waals surface area contributed by atoms with Crippen LogP contribution in [0.2, 0.25) is 0 Å². The number of hydrogen-bond donors (Lipinski definition) is 1. The Morgan fingerprint density at radius 3 is 2.38 bits per heavy atom. The van der Waals surface area contributed by atoms with E-state index in [2.05, 4.69) is 0 Å². The Kier molecular flexibility index (Phi) is 1.70. The van der Waals surface area contributed by atoms with Crippen LogP contribution in [0.25, 0.3) is 0 Å². The highest BCUT2D eigenvalue weighted by molar-refractivity contribution is 5.95. The molecule has 1 aliphatic heterocycles. The largest absolute Gasteiger partial charge is 0.418 e. The van der Waals surface area contributed by atoms with Gasteiger partial charge >= 0.3 is 5.91 Å². The van der Waals surface area contributed by atoms with Gasteiger partial charge in [0, 0.05) is 23.9 Å². The quantitative estimate of drug-likeness (QED) is 0.510. The molecule has 0 unspecified atom stereocenters. The minimum absolute atomic E-state index is 0.0234. The average molecular weight is 173 g/mol. The van der Waals surface area contributed by atoms with E-state index in [1.165, 1.54) is 6.08 Å². The fourth-order valence-electron chi connectivity index (χ4n) is 1.21. The van der Waals surface area contributed by atoms with Crippen molar-refractivity contribution in [2.45, 2.75) is 0 Å². The summed E-state index contributed by atoms with van der Waals surface area (Å²) in [5.74, 6) is -0.0234. The molecule has 13 heavy (non-hydrogen) atoms. The van der Waals surface area contributed by atoms with E-state index in [0.717, 1.165) is 5.69 Å². The van der Waals surface area contributed by atoms with Crippen molar-refractivity contribution in [2.24, 2.45) is 0 Å². The fraction of sp³-hybridized carbons (Fsp3) is 0. The number of nitrogen functional groups attached to an aromatic ring is 1.